The molecule has 2 N–H and O–H groups in total. The third-order valence-corrected chi connectivity index (χ3v) is 3.48. The van der Waals surface area contributed by atoms with Gasteiger partial charge in [0.1, 0.15) is 5.76 Å². The maximum Gasteiger partial charge on any atom is 0.113 e. The molecular formula is C14H17NOS. The Hall–Kier alpha value is -1.19. The van der Waals surface area contributed by atoms with Gasteiger partial charge in [0.05, 0.1) is 12.0 Å². The van der Waals surface area contributed by atoms with Crippen LogP contribution in [0.5, 0.6) is 0 Å². The summed E-state index contributed by atoms with van der Waals surface area (Å²) < 4.78 is 5.29. The highest BCUT2D eigenvalue weighted by Gasteiger charge is 2.00. The topological polar surface area (TPSA) is 39.2 Å². The quantitative estimate of drug-likeness (QED) is 0.822. The molecule has 0 fully saturated rings. The van der Waals surface area contributed by atoms with Gasteiger partial charge in [0.25, 0.3) is 0 Å². The number of hydrogen-bond acceptors (Lipinski definition) is 3. The van der Waals surface area contributed by atoms with Crippen LogP contribution >= 0.6 is 11.8 Å². The highest BCUT2D eigenvalue weighted by atomic mass is 32.2. The number of benzene rings is 1. The van der Waals surface area contributed by atoms with Crippen LogP contribution in [-0.4, -0.2) is 6.04 Å². The summed E-state index contributed by atoms with van der Waals surface area (Å²) in [5.41, 5.74) is 7.06. The summed E-state index contributed by atoms with van der Waals surface area (Å²) >= 11 is 1.78. The number of hydrogen-bond donors (Lipinski definition) is 1. The van der Waals surface area contributed by atoms with Crippen molar-refractivity contribution < 1.29 is 4.42 Å². The van der Waals surface area contributed by atoms with Crippen LogP contribution in [0.4, 0.5) is 0 Å². The van der Waals surface area contributed by atoms with Gasteiger partial charge >= 0.3 is 0 Å². The van der Waals surface area contributed by atoms with E-state index >= 15 is 0 Å². The molecule has 0 aliphatic carbocycles. The fraction of sp³-hybridized carbons (Fsp3) is 0.286. The molecule has 0 radical (unpaired) electrons. The highest BCUT2D eigenvalue weighted by molar-refractivity contribution is 7.98. The van der Waals surface area contributed by atoms with Gasteiger partial charge in [0.2, 0.25) is 0 Å². The summed E-state index contributed by atoms with van der Waals surface area (Å²) in [6.45, 7) is 2.03. The van der Waals surface area contributed by atoms with Crippen molar-refractivity contribution in [2.45, 2.75) is 30.0 Å². The van der Waals surface area contributed by atoms with Crippen molar-refractivity contribution in [2.24, 2.45) is 5.73 Å². The molecule has 2 nitrogen and oxygen atoms in total. The van der Waals surface area contributed by atoms with Gasteiger partial charge in [0.15, 0.2) is 0 Å². The van der Waals surface area contributed by atoms with Crippen molar-refractivity contribution in [3.63, 3.8) is 0 Å². The third kappa shape index (κ3) is 3.95. The summed E-state index contributed by atoms with van der Waals surface area (Å²) in [4.78, 5) is 1.26. The molecule has 90 valence electrons. The Labute approximate surface area is 106 Å². The Kier molecular flexibility index (Phi) is 4.29. The van der Waals surface area contributed by atoms with Crippen LogP contribution in [0.1, 0.15) is 18.2 Å². The van der Waals surface area contributed by atoms with Crippen LogP contribution in [0.25, 0.3) is 0 Å². The van der Waals surface area contributed by atoms with E-state index in [0.717, 1.165) is 17.9 Å². The zero-order chi connectivity index (χ0) is 12.1. The molecule has 2 aromatic rings. The van der Waals surface area contributed by atoms with Gasteiger partial charge in [-0.2, -0.15) is 0 Å². The molecule has 1 heterocycles. The standard InChI is InChI=1S/C14H17NOS/c1-11(15)9-12-4-6-14(7-5-12)17-10-13-3-2-8-16-13/h2-8,11H,9-10,15H2,1H3. The van der Waals surface area contributed by atoms with Gasteiger partial charge in [-0.05, 0) is 43.2 Å². The Balaban J connectivity index is 1.89. The highest BCUT2D eigenvalue weighted by Crippen LogP contribution is 2.23. The molecular weight excluding hydrogens is 230 g/mol. The second-order valence-electron chi connectivity index (χ2n) is 4.19. The molecule has 0 aliphatic rings. The molecule has 0 aliphatic heterocycles. The van der Waals surface area contributed by atoms with Gasteiger partial charge in [-0.3, -0.25) is 0 Å². The van der Waals surface area contributed by atoms with Crippen LogP contribution in [0.15, 0.2) is 52.0 Å². The minimum Gasteiger partial charge on any atom is -0.468 e. The summed E-state index contributed by atoms with van der Waals surface area (Å²) in [5.74, 6) is 1.88. The van der Waals surface area contributed by atoms with Crippen molar-refractivity contribution in [1.82, 2.24) is 0 Å². The molecule has 2 rings (SSSR count). The second kappa shape index (κ2) is 5.94. The van der Waals surface area contributed by atoms with Crippen molar-refractivity contribution in [3.8, 4) is 0 Å². The van der Waals surface area contributed by atoms with E-state index in [-0.39, 0.29) is 6.04 Å². The minimum atomic E-state index is 0.219. The molecule has 0 saturated carbocycles. The lowest BCUT2D eigenvalue weighted by Gasteiger charge is -2.06. The average Bonchev–Trinajstić information content (AvgIpc) is 2.80. The van der Waals surface area contributed by atoms with Crippen molar-refractivity contribution in [2.75, 3.05) is 0 Å². The Morgan fingerprint density at radius 1 is 1.24 bits per heavy atom. The molecule has 3 heteroatoms. The fourth-order valence-corrected chi connectivity index (χ4v) is 2.44. The lowest BCUT2D eigenvalue weighted by atomic mass is 10.1. The van der Waals surface area contributed by atoms with E-state index in [9.17, 15) is 0 Å². The molecule has 0 saturated heterocycles. The van der Waals surface area contributed by atoms with E-state index < -0.39 is 0 Å². The summed E-state index contributed by atoms with van der Waals surface area (Å²) in [5, 5.41) is 0. The minimum absolute atomic E-state index is 0.219. The smallest absolute Gasteiger partial charge is 0.113 e. The lowest BCUT2D eigenvalue weighted by molar-refractivity contribution is 0.530. The zero-order valence-corrected chi connectivity index (χ0v) is 10.7. The van der Waals surface area contributed by atoms with E-state index in [1.807, 2.05) is 19.1 Å². The predicted molar refractivity (Wildman–Crippen MR) is 72.1 cm³/mol. The second-order valence-corrected chi connectivity index (χ2v) is 5.24. The largest absolute Gasteiger partial charge is 0.468 e. The first-order valence-electron chi connectivity index (χ1n) is 5.74. The SMILES string of the molecule is CC(N)Cc1ccc(SCc2ccco2)cc1. The molecule has 0 bridgehead atoms. The molecule has 1 atom stereocenters. The Morgan fingerprint density at radius 3 is 2.59 bits per heavy atom. The molecule has 1 aromatic heterocycles. The van der Waals surface area contributed by atoms with Crippen LogP contribution in [0, 0.1) is 0 Å². The number of nitrogens with two attached hydrogens (primary N) is 1. The lowest BCUT2D eigenvalue weighted by Crippen LogP contribution is -2.17. The van der Waals surface area contributed by atoms with E-state index in [1.165, 1.54) is 10.5 Å². The van der Waals surface area contributed by atoms with E-state index in [2.05, 4.69) is 24.3 Å². The van der Waals surface area contributed by atoms with E-state index in [0.29, 0.717) is 0 Å². The van der Waals surface area contributed by atoms with Gasteiger partial charge in [0, 0.05) is 10.9 Å². The summed E-state index contributed by atoms with van der Waals surface area (Å²) in [6.07, 6.45) is 2.64. The van der Waals surface area contributed by atoms with E-state index in [1.54, 1.807) is 18.0 Å². The van der Waals surface area contributed by atoms with Gasteiger partial charge in [-0.1, -0.05) is 12.1 Å². The third-order valence-electron chi connectivity index (χ3n) is 2.44. The average molecular weight is 247 g/mol. The number of furan rings is 1. The molecule has 1 aromatic carbocycles. The van der Waals surface area contributed by atoms with Crippen LogP contribution in [0.3, 0.4) is 0 Å². The van der Waals surface area contributed by atoms with Gasteiger partial charge in [-0.25, -0.2) is 0 Å². The summed E-state index contributed by atoms with van der Waals surface area (Å²) in [6, 6.07) is 12.7. The maximum atomic E-state index is 5.77. The molecule has 17 heavy (non-hydrogen) atoms. The summed E-state index contributed by atoms with van der Waals surface area (Å²) in [7, 11) is 0. The Morgan fingerprint density at radius 2 is 2.00 bits per heavy atom. The first kappa shape index (κ1) is 12.3. The van der Waals surface area contributed by atoms with Gasteiger partial charge in [-0.15, -0.1) is 11.8 Å². The maximum absolute atomic E-state index is 5.77. The van der Waals surface area contributed by atoms with Crippen molar-refractivity contribution >= 4 is 11.8 Å². The number of thioether (sulfide) groups is 1. The Bertz CT molecular complexity index is 434. The van der Waals surface area contributed by atoms with Crippen LogP contribution in [-0.2, 0) is 12.2 Å². The normalized spacial score (nSPS) is 12.6. The zero-order valence-electron chi connectivity index (χ0n) is 9.93. The monoisotopic (exact) mass is 247 g/mol. The first-order chi connectivity index (χ1) is 8.24. The first-order valence-corrected chi connectivity index (χ1v) is 6.72. The molecule has 0 amide bonds. The molecule has 1 unspecified atom stereocenters. The molecule has 0 spiro atoms. The van der Waals surface area contributed by atoms with Gasteiger partial charge < -0.3 is 10.2 Å². The van der Waals surface area contributed by atoms with Crippen LogP contribution in [0.2, 0.25) is 0 Å². The van der Waals surface area contributed by atoms with Crippen molar-refractivity contribution in [3.05, 3.63) is 54.0 Å². The van der Waals surface area contributed by atoms with Crippen molar-refractivity contribution in [1.29, 1.82) is 0 Å². The van der Waals surface area contributed by atoms with E-state index in [4.69, 9.17) is 10.2 Å². The fourth-order valence-electron chi connectivity index (χ4n) is 1.64. The van der Waals surface area contributed by atoms with Crippen LogP contribution < -0.4 is 5.73 Å². The number of rotatable bonds is 5. The predicted octanol–water partition coefficient (Wildman–Crippen LogP) is 3.46.